The number of anilines is 1. The van der Waals surface area contributed by atoms with Gasteiger partial charge in [-0.1, -0.05) is 12.1 Å². The van der Waals surface area contributed by atoms with Gasteiger partial charge in [-0.3, -0.25) is 9.59 Å². The van der Waals surface area contributed by atoms with Crippen LogP contribution in [-0.2, 0) is 14.3 Å². The van der Waals surface area contributed by atoms with E-state index in [9.17, 15) is 19.5 Å². The second-order valence-corrected chi connectivity index (χ2v) is 4.96. The molecule has 6 nitrogen and oxygen atoms in total. The Bertz CT molecular complexity index is 606. The lowest BCUT2D eigenvalue weighted by Crippen LogP contribution is -2.49. The molecule has 20 heavy (non-hydrogen) atoms. The molecule has 1 unspecified atom stereocenters. The van der Waals surface area contributed by atoms with E-state index in [-0.39, 0.29) is 12.1 Å². The van der Waals surface area contributed by atoms with Crippen LogP contribution in [0.25, 0.3) is 0 Å². The molecule has 1 aromatic carbocycles. The van der Waals surface area contributed by atoms with Gasteiger partial charge in [-0.2, -0.15) is 0 Å². The number of esters is 1. The monoisotopic (exact) mass is 277 g/mol. The van der Waals surface area contributed by atoms with Crippen molar-refractivity contribution >= 4 is 23.3 Å². The van der Waals surface area contributed by atoms with E-state index in [1.165, 1.54) is 6.92 Å². The first-order chi connectivity index (χ1) is 9.29. The third-order valence-corrected chi connectivity index (χ3v) is 3.28. The number of fused-ring (bicyclic) bond motifs is 1. The van der Waals surface area contributed by atoms with Crippen molar-refractivity contribution in [2.45, 2.75) is 19.4 Å². The van der Waals surface area contributed by atoms with Gasteiger partial charge < -0.3 is 14.7 Å². The van der Waals surface area contributed by atoms with Gasteiger partial charge in [-0.05, 0) is 25.5 Å². The highest BCUT2D eigenvalue weighted by Crippen LogP contribution is 2.33. The number of ether oxygens (including phenoxy) is 1. The van der Waals surface area contributed by atoms with Crippen molar-refractivity contribution < 1.29 is 24.2 Å². The van der Waals surface area contributed by atoms with E-state index in [0.717, 1.165) is 17.6 Å². The van der Waals surface area contributed by atoms with E-state index in [1.807, 2.05) is 0 Å². The van der Waals surface area contributed by atoms with E-state index >= 15 is 0 Å². The number of amides is 1. The lowest BCUT2D eigenvalue weighted by molar-refractivity contribution is -0.159. The average molecular weight is 277 g/mol. The van der Waals surface area contributed by atoms with Crippen LogP contribution in [0.4, 0.5) is 5.69 Å². The number of nitrogens with zero attached hydrogens (tertiary/aromatic N) is 1. The van der Waals surface area contributed by atoms with Crippen LogP contribution in [-0.4, -0.2) is 42.0 Å². The molecule has 1 aromatic rings. The van der Waals surface area contributed by atoms with Crippen LogP contribution >= 0.6 is 0 Å². The molecule has 1 aliphatic rings. The topological polar surface area (TPSA) is 83.9 Å². The molecule has 1 amide bonds. The number of methoxy groups -OCH3 is 1. The maximum Gasteiger partial charge on any atom is 0.339 e. The molecule has 0 bridgehead atoms. The van der Waals surface area contributed by atoms with Gasteiger partial charge in [0.05, 0.1) is 24.9 Å². The Kier molecular flexibility index (Phi) is 3.35. The summed E-state index contributed by atoms with van der Waals surface area (Å²) in [4.78, 5) is 36.6. The van der Waals surface area contributed by atoms with Gasteiger partial charge in [-0.25, -0.2) is 4.79 Å². The number of aryl methyl sites for hydroxylation is 1. The van der Waals surface area contributed by atoms with E-state index in [4.69, 9.17) is 0 Å². The predicted octanol–water partition coefficient (Wildman–Crippen LogP) is 0.448. The van der Waals surface area contributed by atoms with Crippen molar-refractivity contribution in [1.82, 2.24) is 0 Å². The Morgan fingerprint density at radius 3 is 2.65 bits per heavy atom. The molecule has 1 atom stereocenters. The van der Waals surface area contributed by atoms with Crippen molar-refractivity contribution in [3.8, 4) is 0 Å². The van der Waals surface area contributed by atoms with E-state index < -0.39 is 23.3 Å². The Morgan fingerprint density at radius 1 is 1.40 bits per heavy atom. The minimum atomic E-state index is -1.88. The molecule has 6 heteroatoms. The largest absolute Gasteiger partial charge is 0.467 e. The number of ketones is 1. The first-order valence-electron chi connectivity index (χ1n) is 6.06. The highest BCUT2D eigenvalue weighted by Gasteiger charge is 2.43. The summed E-state index contributed by atoms with van der Waals surface area (Å²) in [6.45, 7) is 2.67. The zero-order chi connectivity index (χ0) is 15.1. The zero-order valence-electron chi connectivity index (χ0n) is 11.5. The second-order valence-electron chi connectivity index (χ2n) is 4.96. The molecule has 106 valence electrons. The van der Waals surface area contributed by atoms with Gasteiger partial charge in [0.15, 0.2) is 5.60 Å². The summed E-state index contributed by atoms with van der Waals surface area (Å²) in [5.74, 6) is -2.25. The molecule has 0 aromatic heterocycles. The number of aliphatic hydroxyl groups is 1. The maximum atomic E-state index is 12.0. The van der Waals surface area contributed by atoms with Gasteiger partial charge >= 0.3 is 5.97 Å². The summed E-state index contributed by atoms with van der Waals surface area (Å²) >= 11 is 0. The van der Waals surface area contributed by atoms with Crippen LogP contribution in [0, 0.1) is 6.92 Å². The van der Waals surface area contributed by atoms with Gasteiger partial charge in [0.1, 0.15) is 0 Å². The van der Waals surface area contributed by atoms with Crippen LogP contribution in [0.1, 0.15) is 22.8 Å². The molecule has 0 saturated heterocycles. The van der Waals surface area contributed by atoms with E-state index in [1.54, 1.807) is 25.1 Å². The predicted molar refractivity (Wildman–Crippen MR) is 70.5 cm³/mol. The number of para-hydroxylation sites is 1. The molecule has 0 radical (unpaired) electrons. The highest BCUT2D eigenvalue weighted by atomic mass is 16.5. The van der Waals surface area contributed by atoms with E-state index in [0.29, 0.717) is 5.69 Å². The minimum absolute atomic E-state index is 0.288. The summed E-state index contributed by atoms with van der Waals surface area (Å²) in [5, 5.41) is 10.1. The molecule has 0 saturated carbocycles. The molecule has 1 N–H and O–H groups in total. The Labute approximate surface area is 115 Å². The van der Waals surface area contributed by atoms with Crippen LogP contribution in [0.3, 0.4) is 0 Å². The van der Waals surface area contributed by atoms with Gasteiger partial charge in [0, 0.05) is 0 Å². The van der Waals surface area contributed by atoms with Crippen molar-refractivity contribution in [1.29, 1.82) is 0 Å². The molecular formula is C14H15NO5. The van der Waals surface area contributed by atoms with Gasteiger partial charge in [-0.15, -0.1) is 0 Å². The van der Waals surface area contributed by atoms with Crippen LogP contribution in [0.5, 0.6) is 0 Å². The third-order valence-electron chi connectivity index (χ3n) is 3.28. The maximum absolute atomic E-state index is 12.0. The fraction of sp³-hybridized carbons (Fsp3) is 0.357. The summed E-state index contributed by atoms with van der Waals surface area (Å²) < 4.78 is 4.49. The van der Waals surface area contributed by atoms with Gasteiger partial charge in [0.2, 0.25) is 0 Å². The number of rotatable bonds is 3. The lowest BCUT2D eigenvalue weighted by Gasteiger charge is -2.27. The molecule has 0 aliphatic carbocycles. The third kappa shape index (κ3) is 2.08. The second kappa shape index (κ2) is 4.72. The first kappa shape index (κ1) is 14.2. The number of hydrogen-bond donors (Lipinski definition) is 1. The Hall–Kier alpha value is -2.21. The normalized spacial score (nSPS) is 16.9. The summed E-state index contributed by atoms with van der Waals surface area (Å²) in [5.41, 5.74) is -0.432. The number of β-amino-alcohol motifs (C(OH)–C–C–N with tert-alkyl or cyclic N) is 1. The zero-order valence-corrected chi connectivity index (χ0v) is 11.5. The van der Waals surface area contributed by atoms with E-state index in [2.05, 4.69) is 4.74 Å². The quantitative estimate of drug-likeness (QED) is 0.640. The number of benzene rings is 1. The summed E-state index contributed by atoms with van der Waals surface area (Å²) in [6, 6.07) is 4.99. The molecule has 2 rings (SSSR count). The number of carbonyl (C=O) groups is 3. The highest BCUT2D eigenvalue weighted by molar-refractivity contribution is 6.52. The minimum Gasteiger partial charge on any atom is -0.467 e. The average Bonchev–Trinajstić information content (AvgIpc) is 2.64. The summed E-state index contributed by atoms with van der Waals surface area (Å²) in [6.07, 6.45) is 0. The van der Waals surface area contributed by atoms with Gasteiger partial charge in [0.25, 0.3) is 11.7 Å². The number of Topliss-reactive ketones (excluding diaryl/α,β-unsaturated/α-hetero) is 1. The molecule has 0 fully saturated rings. The molecule has 1 aliphatic heterocycles. The van der Waals surface area contributed by atoms with Crippen molar-refractivity contribution in [2.75, 3.05) is 18.6 Å². The Balaban J connectivity index is 2.43. The van der Waals surface area contributed by atoms with Crippen molar-refractivity contribution in [2.24, 2.45) is 0 Å². The summed E-state index contributed by atoms with van der Waals surface area (Å²) in [7, 11) is 1.15. The van der Waals surface area contributed by atoms with Crippen molar-refractivity contribution in [3.05, 3.63) is 29.3 Å². The van der Waals surface area contributed by atoms with Crippen LogP contribution < -0.4 is 4.90 Å². The van der Waals surface area contributed by atoms with Crippen molar-refractivity contribution in [3.63, 3.8) is 0 Å². The fourth-order valence-corrected chi connectivity index (χ4v) is 2.28. The van der Waals surface area contributed by atoms with Crippen LogP contribution in [0.2, 0.25) is 0 Å². The SMILES string of the molecule is COC(=O)C(C)(O)CN1C(=O)C(=O)c2cccc(C)c21. The number of carbonyl (C=O) groups excluding carboxylic acids is 3. The fourth-order valence-electron chi connectivity index (χ4n) is 2.28. The smallest absolute Gasteiger partial charge is 0.339 e. The first-order valence-corrected chi connectivity index (χ1v) is 6.06. The standard InChI is InChI=1S/C14H15NO5/c1-8-5-4-6-9-10(8)15(12(17)11(9)16)7-14(2,19)13(18)20-3/h4-6,19H,7H2,1-3H3. The molecular weight excluding hydrogens is 262 g/mol. The van der Waals surface area contributed by atoms with Crippen LogP contribution in [0.15, 0.2) is 18.2 Å². The molecule has 0 spiro atoms. The number of hydrogen-bond acceptors (Lipinski definition) is 5. The Morgan fingerprint density at radius 2 is 2.05 bits per heavy atom. The molecule has 1 heterocycles. The lowest BCUT2D eigenvalue weighted by atomic mass is 10.1.